The topological polar surface area (TPSA) is 102 Å². The van der Waals surface area contributed by atoms with E-state index in [0.29, 0.717) is 0 Å². The van der Waals surface area contributed by atoms with Crippen LogP contribution in [0.2, 0.25) is 0 Å². The van der Waals surface area contributed by atoms with Gasteiger partial charge >= 0.3 is 13.8 Å². The number of hydrogen-bond acceptors (Lipinski definition) is 5. The number of allylic oxidation sites excluding steroid dienone is 1. The van der Waals surface area contributed by atoms with Crippen LogP contribution in [-0.4, -0.2) is 35.1 Å². The number of carbonyl (C=O) groups excluding carboxylic acids is 1. The summed E-state index contributed by atoms with van der Waals surface area (Å²) in [5.74, 6) is -0.387. The Morgan fingerprint density at radius 2 is 1.05 bits per heavy atom. The Hall–Kier alpha value is -0.880. The minimum absolute atomic E-state index is 0.00125. The van der Waals surface area contributed by atoms with Crippen LogP contribution in [0, 0.1) is 0 Å². The summed E-state index contributed by atoms with van der Waals surface area (Å²) in [6.07, 6.45) is 33.0. The summed E-state index contributed by atoms with van der Waals surface area (Å²) < 4.78 is 26.5. The van der Waals surface area contributed by atoms with Crippen LogP contribution >= 0.6 is 7.82 Å². The molecule has 0 aromatic carbocycles. The molecule has 41 heavy (non-hydrogen) atoms. The highest BCUT2D eigenvalue weighted by molar-refractivity contribution is 7.46. The second-order valence-electron chi connectivity index (χ2n) is 11.6. The van der Waals surface area contributed by atoms with Gasteiger partial charge in [0.1, 0.15) is 6.61 Å². The molecule has 0 saturated heterocycles. The van der Waals surface area contributed by atoms with E-state index in [4.69, 9.17) is 19.3 Å². The monoisotopic (exact) mass is 604 g/mol. The van der Waals surface area contributed by atoms with E-state index in [-0.39, 0.29) is 19.0 Å². The lowest BCUT2D eigenvalue weighted by Gasteiger charge is -2.18. The number of phosphoric acid groups is 1. The molecule has 0 aliphatic rings. The van der Waals surface area contributed by atoms with Crippen molar-refractivity contribution in [3.05, 3.63) is 12.3 Å². The zero-order valence-electron chi connectivity index (χ0n) is 26.7. The van der Waals surface area contributed by atoms with E-state index in [1.165, 1.54) is 122 Å². The first-order valence-electron chi connectivity index (χ1n) is 17.0. The van der Waals surface area contributed by atoms with Gasteiger partial charge in [-0.3, -0.25) is 9.32 Å². The molecule has 0 fully saturated rings. The minimum Gasteiger partial charge on any atom is -0.498 e. The van der Waals surface area contributed by atoms with Crippen molar-refractivity contribution in [3.63, 3.8) is 0 Å². The van der Waals surface area contributed by atoms with Gasteiger partial charge in [0.05, 0.1) is 12.9 Å². The summed E-state index contributed by atoms with van der Waals surface area (Å²) in [7, 11) is -4.65. The molecule has 244 valence electrons. The van der Waals surface area contributed by atoms with E-state index in [1.54, 1.807) is 6.26 Å². The third-order valence-corrected chi connectivity index (χ3v) is 7.90. The lowest BCUT2D eigenvalue weighted by atomic mass is 10.0. The molecule has 2 N–H and O–H groups in total. The summed E-state index contributed by atoms with van der Waals surface area (Å²) in [4.78, 5) is 30.3. The Morgan fingerprint density at radius 3 is 1.49 bits per heavy atom. The van der Waals surface area contributed by atoms with Gasteiger partial charge in [0.2, 0.25) is 0 Å². The molecule has 0 saturated carbocycles. The molecule has 0 aromatic heterocycles. The third kappa shape index (κ3) is 33.5. The largest absolute Gasteiger partial charge is 0.498 e. The van der Waals surface area contributed by atoms with Gasteiger partial charge in [-0.05, 0) is 25.3 Å². The highest BCUT2D eigenvalue weighted by atomic mass is 31.2. The second-order valence-corrected chi connectivity index (χ2v) is 12.8. The first-order chi connectivity index (χ1) is 19.9. The first-order valence-corrected chi connectivity index (χ1v) is 18.6. The highest BCUT2D eigenvalue weighted by Gasteiger charge is 2.21. The third-order valence-electron chi connectivity index (χ3n) is 7.41. The maximum Gasteiger partial charge on any atom is 0.469 e. The van der Waals surface area contributed by atoms with Gasteiger partial charge in [-0.2, -0.15) is 0 Å². The fraction of sp³-hybridized carbons (Fsp3) is 0.909. The molecule has 0 bridgehead atoms. The Labute approximate surface area is 252 Å². The number of esters is 1. The van der Waals surface area contributed by atoms with Crippen molar-refractivity contribution >= 4 is 13.8 Å². The average molecular weight is 605 g/mol. The molecule has 0 aliphatic carbocycles. The van der Waals surface area contributed by atoms with E-state index in [0.717, 1.165) is 32.1 Å². The Morgan fingerprint density at radius 1 is 0.634 bits per heavy atom. The van der Waals surface area contributed by atoms with E-state index >= 15 is 0 Å². The van der Waals surface area contributed by atoms with Crippen molar-refractivity contribution < 1.29 is 33.1 Å². The zero-order chi connectivity index (χ0) is 30.3. The molecule has 0 aromatic rings. The maximum absolute atomic E-state index is 12.2. The Bertz CT molecular complexity index is 635. The molecule has 7 nitrogen and oxygen atoms in total. The molecule has 0 heterocycles. The van der Waals surface area contributed by atoms with E-state index in [9.17, 15) is 9.36 Å². The fourth-order valence-electron chi connectivity index (χ4n) is 4.88. The van der Waals surface area contributed by atoms with Crippen LogP contribution in [0.5, 0.6) is 0 Å². The van der Waals surface area contributed by atoms with Crippen LogP contribution < -0.4 is 0 Å². The second kappa shape index (κ2) is 30.6. The standard InChI is InChI=1S/C33H65O7P/c1-3-5-7-9-11-13-14-15-16-17-18-19-21-23-25-27-29-38-30-32(31-39-41(35,36)37)40-33(34)28-26-24-22-20-12-10-8-6-4-2/h27,29,32H,3-26,28,30-31H2,1-2H3,(H2,35,36,37)/b29-27-/t32-/m1/s1. The predicted octanol–water partition coefficient (Wildman–Crippen LogP) is 10.3. The number of unbranched alkanes of at least 4 members (excludes halogenated alkanes) is 22. The highest BCUT2D eigenvalue weighted by Crippen LogP contribution is 2.35. The van der Waals surface area contributed by atoms with Crippen LogP contribution in [0.15, 0.2) is 12.3 Å². The normalized spacial score (nSPS) is 12.7. The average Bonchev–Trinajstić information content (AvgIpc) is 2.93. The predicted molar refractivity (Wildman–Crippen MR) is 170 cm³/mol. The zero-order valence-corrected chi connectivity index (χ0v) is 27.6. The van der Waals surface area contributed by atoms with Crippen molar-refractivity contribution in [3.8, 4) is 0 Å². The Kier molecular flexibility index (Phi) is 29.9. The van der Waals surface area contributed by atoms with Crippen LogP contribution in [-0.2, 0) is 23.4 Å². The fourth-order valence-corrected chi connectivity index (χ4v) is 5.24. The van der Waals surface area contributed by atoms with Gasteiger partial charge in [0.25, 0.3) is 0 Å². The molecular weight excluding hydrogens is 539 g/mol. The van der Waals surface area contributed by atoms with Crippen LogP contribution in [0.3, 0.4) is 0 Å². The van der Waals surface area contributed by atoms with Crippen LogP contribution in [0.25, 0.3) is 0 Å². The van der Waals surface area contributed by atoms with Gasteiger partial charge in [-0.15, -0.1) is 0 Å². The first kappa shape index (κ1) is 40.1. The molecule has 0 rings (SSSR count). The van der Waals surface area contributed by atoms with Crippen molar-refractivity contribution in [2.24, 2.45) is 0 Å². The lowest BCUT2D eigenvalue weighted by Crippen LogP contribution is -2.27. The summed E-state index contributed by atoms with van der Waals surface area (Å²) in [6.45, 7) is 4.08. The van der Waals surface area contributed by atoms with Crippen molar-refractivity contribution in [1.82, 2.24) is 0 Å². The molecule has 0 amide bonds. The number of hydrogen-bond donors (Lipinski definition) is 2. The van der Waals surface area contributed by atoms with Gasteiger partial charge in [0, 0.05) is 6.42 Å². The molecular formula is C33H65O7P. The number of rotatable bonds is 32. The van der Waals surface area contributed by atoms with E-state index < -0.39 is 20.5 Å². The quantitative estimate of drug-likeness (QED) is 0.0341. The smallest absolute Gasteiger partial charge is 0.469 e. The minimum atomic E-state index is -4.65. The number of ether oxygens (including phenoxy) is 2. The number of carbonyl (C=O) groups is 1. The van der Waals surface area contributed by atoms with Gasteiger partial charge < -0.3 is 19.3 Å². The van der Waals surface area contributed by atoms with Crippen molar-refractivity contribution in [1.29, 1.82) is 0 Å². The summed E-state index contributed by atoms with van der Waals surface area (Å²) in [5, 5.41) is 0. The van der Waals surface area contributed by atoms with Crippen molar-refractivity contribution in [2.75, 3.05) is 13.2 Å². The SMILES string of the molecule is CCCCCCCCCCCCCCCC/C=C\OC[C@H](COP(=O)(O)O)OC(=O)CCCCCCCCCCC. The molecule has 1 atom stereocenters. The van der Waals surface area contributed by atoms with Gasteiger partial charge in [-0.1, -0.05) is 149 Å². The van der Waals surface area contributed by atoms with Gasteiger partial charge in [-0.25, -0.2) is 4.57 Å². The van der Waals surface area contributed by atoms with Crippen LogP contribution in [0.4, 0.5) is 0 Å². The van der Waals surface area contributed by atoms with Gasteiger partial charge in [0.15, 0.2) is 6.10 Å². The summed E-state index contributed by atoms with van der Waals surface area (Å²) >= 11 is 0. The molecule has 0 aliphatic heterocycles. The van der Waals surface area contributed by atoms with E-state index in [2.05, 4.69) is 18.4 Å². The number of phosphoric ester groups is 1. The Balaban J connectivity index is 3.86. The lowest BCUT2D eigenvalue weighted by molar-refractivity contribution is -0.153. The van der Waals surface area contributed by atoms with E-state index in [1.807, 2.05) is 6.08 Å². The molecule has 0 radical (unpaired) electrons. The molecule has 8 heteroatoms. The molecule has 0 spiro atoms. The molecule has 0 unspecified atom stereocenters. The summed E-state index contributed by atoms with van der Waals surface area (Å²) in [5.41, 5.74) is 0. The maximum atomic E-state index is 12.2. The van der Waals surface area contributed by atoms with Crippen LogP contribution in [0.1, 0.15) is 174 Å². The summed E-state index contributed by atoms with van der Waals surface area (Å²) in [6, 6.07) is 0. The van der Waals surface area contributed by atoms with Crippen molar-refractivity contribution in [2.45, 2.75) is 180 Å².